The summed E-state index contributed by atoms with van der Waals surface area (Å²) in [5.74, 6) is 0.379. The number of nitrogens with zero attached hydrogens (tertiary/aromatic N) is 2. The second kappa shape index (κ2) is 10.1. The molecule has 2 aromatic heterocycles. The number of carbonyl (C=O) groups excluding carboxylic acids is 2. The van der Waals surface area contributed by atoms with E-state index in [2.05, 4.69) is 65.8 Å². The monoisotopic (exact) mass is 530 g/mol. The fraction of sp³-hybridized carbons (Fsp3) is 0.387. The van der Waals surface area contributed by atoms with Crippen molar-refractivity contribution in [2.75, 3.05) is 5.88 Å². The molecule has 0 atom stereocenters. The summed E-state index contributed by atoms with van der Waals surface area (Å²) >= 11 is 6.27. The van der Waals surface area contributed by atoms with E-state index in [1.54, 1.807) is 0 Å². The molecule has 5 rings (SSSR count). The minimum absolute atomic E-state index is 0.0157. The van der Waals surface area contributed by atoms with Gasteiger partial charge >= 0.3 is 0 Å². The lowest BCUT2D eigenvalue weighted by atomic mass is 10.0. The maximum Gasteiger partial charge on any atom is 0.273 e. The van der Waals surface area contributed by atoms with E-state index < -0.39 is 0 Å². The molecule has 0 bridgehead atoms. The molecular weight excluding hydrogens is 496 g/mol. The zero-order chi connectivity index (χ0) is 27.3. The Kier molecular flexibility index (Phi) is 6.95. The lowest BCUT2D eigenvalue weighted by Crippen LogP contribution is -2.29. The second-order valence-electron chi connectivity index (χ2n) is 10.3. The van der Waals surface area contributed by atoms with Crippen LogP contribution >= 0.6 is 11.6 Å². The van der Waals surface area contributed by atoms with Crippen molar-refractivity contribution in [1.29, 1.82) is 0 Å². The molecule has 0 aromatic carbocycles. The quantitative estimate of drug-likeness (QED) is 0.547. The van der Waals surface area contributed by atoms with E-state index >= 15 is 0 Å². The Labute approximate surface area is 228 Å². The Morgan fingerprint density at radius 3 is 2.45 bits per heavy atom. The van der Waals surface area contributed by atoms with Crippen molar-refractivity contribution in [3.8, 4) is 0 Å². The summed E-state index contributed by atoms with van der Waals surface area (Å²) in [5.41, 5.74) is 12.3. The molecule has 0 spiro atoms. The standard InChI is InChI=1S/C31H35ClN4O2/c1-7-20-18(5)30(37)34-25(20)13-24-16(3)22-10-12-36-28(14-26-21(8-2)19(6)31(38)35-26)17(4)23(9-11-32)29(36)15-27(22)33-24/h13-15,33H,7-12H2,1-6H3,(H,34,37)/b25-13-,28-14-. The maximum absolute atomic E-state index is 12.3. The van der Waals surface area contributed by atoms with Crippen molar-refractivity contribution >= 4 is 47.4 Å². The van der Waals surface area contributed by atoms with Crippen molar-refractivity contribution in [3.63, 3.8) is 0 Å². The number of amides is 2. The lowest BCUT2D eigenvalue weighted by Gasteiger charge is -2.06. The van der Waals surface area contributed by atoms with Crippen molar-refractivity contribution in [1.82, 2.24) is 14.9 Å². The highest BCUT2D eigenvalue weighted by atomic mass is 35.5. The highest BCUT2D eigenvalue weighted by molar-refractivity contribution is 6.30. The summed E-state index contributed by atoms with van der Waals surface area (Å²) < 4.78 is 2.36. The zero-order valence-corrected chi connectivity index (χ0v) is 23.8. The van der Waals surface area contributed by atoms with Crippen molar-refractivity contribution in [2.45, 2.75) is 73.8 Å². The van der Waals surface area contributed by atoms with E-state index in [0.29, 0.717) is 5.88 Å². The van der Waals surface area contributed by atoms with Gasteiger partial charge in [-0.25, -0.2) is 4.99 Å². The average Bonchev–Trinajstić information content (AvgIpc) is 3.46. The molecule has 0 unspecified atom stereocenters. The molecule has 2 amide bonds. The third kappa shape index (κ3) is 4.15. The van der Waals surface area contributed by atoms with E-state index in [-0.39, 0.29) is 11.8 Å². The smallest absolute Gasteiger partial charge is 0.273 e. The molecule has 3 aliphatic heterocycles. The van der Waals surface area contributed by atoms with E-state index in [0.717, 1.165) is 88.0 Å². The molecule has 7 heteroatoms. The van der Waals surface area contributed by atoms with Crippen LogP contribution in [-0.2, 0) is 29.0 Å². The predicted octanol–water partition coefficient (Wildman–Crippen LogP) is 4.28. The zero-order valence-electron chi connectivity index (χ0n) is 23.1. The number of hydrogen-bond acceptors (Lipinski definition) is 2. The van der Waals surface area contributed by atoms with Gasteiger partial charge in [-0.2, -0.15) is 0 Å². The summed E-state index contributed by atoms with van der Waals surface area (Å²) in [4.78, 5) is 32.6. The van der Waals surface area contributed by atoms with E-state index in [4.69, 9.17) is 11.6 Å². The van der Waals surface area contributed by atoms with Gasteiger partial charge in [-0.3, -0.25) is 9.59 Å². The SMILES string of the molecule is CCC1=C(C)C(=O)N=C1/C=c1/c(C)c(CCCl)c2n1CCc1c([nH]c(/C=C3\NC(=O)C(C)=C3CC)c1C)C=2. The Morgan fingerprint density at radius 1 is 1.03 bits per heavy atom. The van der Waals surface area contributed by atoms with Crippen molar-refractivity contribution in [3.05, 3.63) is 72.3 Å². The molecule has 0 fully saturated rings. The minimum atomic E-state index is -0.136. The molecule has 0 aliphatic carbocycles. The van der Waals surface area contributed by atoms with Crippen LogP contribution in [0.15, 0.2) is 33.0 Å². The number of halogens is 1. The highest BCUT2D eigenvalue weighted by Gasteiger charge is 2.25. The first-order valence-electron chi connectivity index (χ1n) is 13.4. The number of nitrogens with one attached hydrogen (secondary N) is 2. The number of H-pyrrole nitrogens is 1. The number of carbonyl (C=O) groups is 2. The minimum Gasteiger partial charge on any atom is -0.355 e. The van der Waals surface area contributed by atoms with Crippen LogP contribution in [0.25, 0.3) is 18.2 Å². The lowest BCUT2D eigenvalue weighted by molar-refractivity contribution is -0.116. The summed E-state index contributed by atoms with van der Waals surface area (Å²) in [6.07, 6.45) is 9.60. The first kappa shape index (κ1) is 26.2. The molecular formula is C31H35ClN4O2. The number of aromatic amines is 1. The number of rotatable bonds is 6. The summed E-state index contributed by atoms with van der Waals surface area (Å²) in [6, 6.07) is 0. The van der Waals surface area contributed by atoms with E-state index in [9.17, 15) is 9.59 Å². The summed E-state index contributed by atoms with van der Waals surface area (Å²) in [6.45, 7) is 13.0. The Balaban J connectivity index is 1.67. The largest absolute Gasteiger partial charge is 0.355 e. The van der Waals surface area contributed by atoms with Crippen LogP contribution in [-0.4, -0.2) is 33.0 Å². The number of alkyl halides is 1. The topological polar surface area (TPSA) is 79.2 Å². The van der Waals surface area contributed by atoms with Crippen LogP contribution in [0.2, 0.25) is 0 Å². The normalized spacial score (nSPS) is 18.8. The van der Waals surface area contributed by atoms with Crippen LogP contribution < -0.4 is 16.0 Å². The fourth-order valence-corrected chi connectivity index (χ4v) is 6.29. The van der Waals surface area contributed by atoms with Gasteiger partial charge in [0.1, 0.15) is 0 Å². The number of hydrogen-bond donors (Lipinski definition) is 2. The Bertz CT molecular complexity index is 1640. The molecule has 2 N–H and O–H groups in total. The van der Waals surface area contributed by atoms with Crippen LogP contribution in [0.1, 0.15) is 74.2 Å². The van der Waals surface area contributed by atoms with Gasteiger partial charge in [0.05, 0.1) is 5.71 Å². The molecule has 198 valence electrons. The number of allylic oxidation sites excluding steroid dienone is 2. The molecule has 0 saturated heterocycles. The Hall–Kier alpha value is -3.38. The van der Waals surface area contributed by atoms with Gasteiger partial charge in [-0.1, -0.05) is 13.8 Å². The molecule has 2 aromatic rings. The predicted molar refractivity (Wildman–Crippen MR) is 155 cm³/mol. The Morgan fingerprint density at radius 2 is 1.76 bits per heavy atom. The van der Waals surface area contributed by atoms with Gasteiger partial charge < -0.3 is 14.9 Å². The third-order valence-electron chi connectivity index (χ3n) is 8.33. The van der Waals surface area contributed by atoms with Gasteiger partial charge in [-0.05, 0) is 105 Å². The molecule has 0 radical (unpaired) electrons. The molecule has 5 heterocycles. The van der Waals surface area contributed by atoms with Gasteiger partial charge in [0, 0.05) is 51.4 Å². The van der Waals surface area contributed by atoms with Crippen LogP contribution in [0.3, 0.4) is 0 Å². The number of fused-ring (bicyclic) bond motifs is 2. The number of aromatic nitrogens is 2. The molecule has 6 nitrogen and oxygen atoms in total. The third-order valence-corrected chi connectivity index (χ3v) is 8.52. The maximum atomic E-state index is 12.3. The highest BCUT2D eigenvalue weighted by Crippen LogP contribution is 2.29. The van der Waals surface area contributed by atoms with Crippen LogP contribution in [0, 0.1) is 13.8 Å². The average molecular weight is 531 g/mol. The molecule has 0 saturated carbocycles. The van der Waals surface area contributed by atoms with Gasteiger partial charge in [0.2, 0.25) is 0 Å². The van der Waals surface area contributed by atoms with Crippen molar-refractivity contribution < 1.29 is 9.59 Å². The molecule has 38 heavy (non-hydrogen) atoms. The number of aliphatic imine (C=N–C) groups is 1. The van der Waals surface area contributed by atoms with E-state index in [1.807, 2.05) is 13.8 Å². The van der Waals surface area contributed by atoms with Crippen LogP contribution in [0.5, 0.6) is 0 Å². The molecule has 3 aliphatic rings. The fourth-order valence-electron chi connectivity index (χ4n) is 6.10. The first-order chi connectivity index (χ1) is 18.2. The first-order valence-corrected chi connectivity index (χ1v) is 14.0. The van der Waals surface area contributed by atoms with E-state index in [1.165, 1.54) is 22.3 Å². The second-order valence-corrected chi connectivity index (χ2v) is 10.7. The van der Waals surface area contributed by atoms with Crippen LogP contribution in [0.4, 0.5) is 0 Å². The van der Waals surface area contributed by atoms with Gasteiger partial charge in [0.25, 0.3) is 11.8 Å². The van der Waals surface area contributed by atoms with Gasteiger partial charge in [0.15, 0.2) is 0 Å². The van der Waals surface area contributed by atoms with Crippen molar-refractivity contribution in [2.24, 2.45) is 4.99 Å². The summed E-state index contributed by atoms with van der Waals surface area (Å²) in [5, 5.41) is 5.27. The summed E-state index contributed by atoms with van der Waals surface area (Å²) in [7, 11) is 0. The van der Waals surface area contributed by atoms with Gasteiger partial charge in [-0.15, -0.1) is 11.6 Å².